The van der Waals surface area contributed by atoms with E-state index in [9.17, 15) is 10.1 Å². The molecule has 8 nitrogen and oxygen atoms in total. The van der Waals surface area contributed by atoms with Gasteiger partial charge in [-0.2, -0.15) is 4.98 Å². The van der Waals surface area contributed by atoms with Crippen molar-refractivity contribution in [2.75, 3.05) is 23.9 Å². The van der Waals surface area contributed by atoms with Crippen molar-refractivity contribution in [2.24, 2.45) is 11.8 Å². The number of rotatable bonds is 6. The first-order chi connectivity index (χ1) is 8.49. The summed E-state index contributed by atoms with van der Waals surface area (Å²) < 4.78 is 0. The largest absolute Gasteiger partial charge is 0.354 e. The van der Waals surface area contributed by atoms with Gasteiger partial charge in [0.2, 0.25) is 11.8 Å². The van der Waals surface area contributed by atoms with Crippen molar-refractivity contribution < 1.29 is 4.92 Å². The number of nitrogen functional groups attached to an aromatic ring is 1. The van der Waals surface area contributed by atoms with Crippen LogP contribution in [0.1, 0.15) is 20.3 Å². The van der Waals surface area contributed by atoms with Gasteiger partial charge in [-0.25, -0.2) is 10.8 Å². The molecular weight excluding hydrogens is 236 g/mol. The van der Waals surface area contributed by atoms with Gasteiger partial charge in [0.15, 0.2) is 0 Å². The number of nitro groups is 1. The van der Waals surface area contributed by atoms with Crippen LogP contribution in [0.4, 0.5) is 17.5 Å². The first kappa shape index (κ1) is 14.1. The van der Waals surface area contributed by atoms with E-state index in [1.807, 2.05) is 0 Å². The number of nitrogens with two attached hydrogens (primary N) is 1. The fraction of sp³-hybridized carbons (Fsp3) is 0.600. The van der Waals surface area contributed by atoms with Gasteiger partial charge >= 0.3 is 5.69 Å². The maximum absolute atomic E-state index is 10.9. The monoisotopic (exact) mass is 254 g/mol. The quantitative estimate of drug-likeness (QED) is 0.445. The van der Waals surface area contributed by atoms with Crippen LogP contribution in [0, 0.1) is 16.0 Å². The maximum Gasteiger partial charge on any atom is 0.329 e. The van der Waals surface area contributed by atoms with E-state index in [1.54, 1.807) is 11.9 Å². The minimum Gasteiger partial charge on any atom is -0.354 e. The number of anilines is 2. The highest BCUT2D eigenvalue weighted by atomic mass is 16.6. The zero-order valence-corrected chi connectivity index (χ0v) is 10.8. The summed E-state index contributed by atoms with van der Waals surface area (Å²) in [5.74, 6) is 6.05. The second kappa shape index (κ2) is 6.10. The van der Waals surface area contributed by atoms with Gasteiger partial charge in [0.25, 0.3) is 0 Å². The van der Waals surface area contributed by atoms with Crippen LogP contribution in [0.25, 0.3) is 0 Å². The molecule has 1 atom stereocenters. The highest BCUT2D eigenvalue weighted by Crippen LogP contribution is 2.25. The molecule has 1 heterocycles. The molecule has 0 spiro atoms. The second-order valence-electron chi connectivity index (χ2n) is 4.20. The molecule has 0 saturated carbocycles. The van der Waals surface area contributed by atoms with Crippen molar-refractivity contribution in [3.05, 3.63) is 16.3 Å². The molecule has 0 aliphatic carbocycles. The average Bonchev–Trinajstić information content (AvgIpc) is 2.37. The van der Waals surface area contributed by atoms with Gasteiger partial charge < -0.3 is 4.90 Å². The summed E-state index contributed by atoms with van der Waals surface area (Å²) in [6.45, 7) is 4.82. The Morgan fingerprint density at radius 3 is 2.83 bits per heavy atom. The molecule has 100 valence electrons. The number of hydrazine groups is 1. The lowest BCUT2D eigenvalue weighted by Gasteiger charge is -2.21. The molecule has 1 unspecified atom stereocenters. The van der Waals surface area contributed by atoms with Crippen LogP contribution in [0.3, 0.4) is 0 Å². The van der Waals surface area contributed by atoms with Crippen molar-refractivity contribution >= 4 is 17.5 Å². The second-order valence-corrected chi connectivity index (χ2v) is 4.20. The van der Waals surface area contributed by atoms with Gasteiger partial charge in [-0.05, 0) is 5.92 Å². The fourth-order valence-electron chi connectivity index (χ4n) is 1.53. The Bertz CT molecular complexity index is 425. The van der Waals surface area contributed by atoms with E-state index < -0.39 is 4.92 Å². The third kappa shape index (κ3) is 3.27. The molecule has 1 rings (SSSR count). The maximum atomic E-state index is 10.9. The SMILES string of the molecule is CCC(C)CN(C)c1nc(NN)ncc1[N+](=O)[O-]. The minimum absolute atomic E-state index is 0.125. The molecule has 0 radical (unpaired) electrons. The van der Waals surface area contributed by atoms with E-state index in [1.165, 1.54) is 0 Å². The molecule has 0 bridgehead atoms. The van der Waals surface area contributed by atoms with Crippen molar-refractivity contribution in [3.8, 4) is 0 Å². The van der Waals surface area contributed by atoms with Crippen LogP contribution >= 0.6 is 0 Å². The summed E-state index contributed by atoms with van der Waals surface area (Å²) in [7, 11) is 1.77. The molecule has 18 heavy (non-hydrogen) atoms. The topological polar surface area (TPSA) is 110 Å². The molecule has 0 saturated heterocycles. The predicted molar refractivity (Wildman–Crippen MR) is 69.2 cm³/mol. The van der Waals surface area contributed by atoms with Crippen molar-refractivity contribution in [2.45, 2.75) is 20.3 Å². The Kier molecular flexibility index (Phi) is 4.78. The van der Waals surface area contributed by atoms with Crippen LogP contribution in [0.15, 0.2) is 6.20 Å². The third-order valence-electron chi connectivity index (χ3n) is 2.72. The highest BCUT2D eigenvalue weighted by Gasteiger charge is 2.21. The molecule has 0 aromatic carbocycles. The van der Waals surface area contributed by atoms with Gasteiger partial charge in [0, 0.05) is 13.6 Å². The normalized spacial score (nSPS) is 12.0. The third-order valence-corrected chi connectivity index (χ3v) is 2.72. The van der Waals surface area contributed by atoms with Gasteiger partial charge in [0.05, 0.1) is 4.92 Å². The summed E-state index contributed by atoms with van der Waals surface area (Å²) in [5.41, 5.74) is 2.16. The van der Waals surface area contributed by atoms with Crippen LogP contribution in [-0.2, 0) is 0 Å². The van der Waals surface area contributed by atoms with Crippen molar-refractivity contribution in [1.82, 2.24) is 9.97 Å². The van der Waals surface area contributed by atoms with E-state index in [2.05, 4.69) is 29.2 Å². The Labute approximate surface area is 105 Å². The first-order valence-electron chi connectivity index (χ1n) is 5.68. The molecule has 0 fully saturated rings. The molecule has 1 aromatic rings. The Morgan fingerprint density at radius 2 is 2.33 bits per heavy atom. The van der Waals surface area contributed by atoms with Crippen LogP contribution in [0.2, 0.25) is 0 Å². The lowest BCUT2D eigenvalue weighted by atomic mass is 10.1. The molecule has 0 amide bonds. The summed E-state index contributed by atoms with van der Waals surface area (Å²) in [6, 6.07) is 0. The molecule has 0 aliphatic heterocycles. The predicted octanol–water partition coefficient (Wildman–Crippen LogP) is 1.15. The number of nitrogens with zero attached hydrogens (tertiary/aromatic N) is 4. The number of hydrogen-bond donors (Lipinski definition) is 2. The summed E-state index contributed by atoms with van der Waals surface area (Å²) in [4.78, 5) is 20.0. The Morgan fingerprint density at radius 1 is 1.67 bits per heavy atom. The summed E-state index contributed by atoms with van der Waals surface area (Å²) in [5, 5.41) is 10.9. The van der Waals surface area contributed by atoms with Crippen LogP contribution in [0.5, 0.6) is 0 Å². The van der Waals surface area contributed by atoms with E-state index in [4.69, 9.17) is 5.84 Å². The molecule has 0 aliphatic rings. The van der Waals surface area contributed by atoms with Crippen LogP contribution in [-0.4, -0.2) is 28.5 Å². The zero-order valence-electron chi connectivity index (χ0n) is 10.8. The number of aromatic nitrogens is 2. The van der Waals surface area contributed by atoms with E-state index >= 15 is 0 Å². The molecular formula is C10H18N6O2. The molecule has 8 heteroatoms. The van der Waals surface area contributed by atoms with Crippen molar-refractivity contribution in [1.29, 1.82) is 0 Å². The average molecular weight is 254 g/mol. The lowest BCUT2D eigenvalue weighted by Crippen LogP contribution is -2.26. The van der Waals surface area contributed by atoms with Crippen molar-refractivity contribution in [3.63, 3.8) is 0 Å². The first-order valence-corrected chi connectivity index (χ1v) is 5.68. The Balaban J connectivity index is 3.06. The zero-order chi connectivity index (χ0) is 13.7. The van der Waals surface area contributed by atoms with Gasteiger partial charge in [-0.3, -0.25) is 15.5 Å². The number of nitrogens with one attached hydrogen (secondary N) is 1. The van der Waals surface area contributed by atoms with Gasteiger partial charge in [-0.15, -0.1) is 0 Å². The van der Waals surface area contributed by atoms with Gasteiger partial charge in [0.1, 0.15) is 6.20 Å². The minimum atomic E-state index is -0.497. The standard InChI is InChI=1S/C10H18N6O2/c1-4-7(2)6-15(3)9-8(16(17)18)5-12-10(13-9)14-11/h5,7H,4,6,11H2,1-3H3,(H,12,13,14). The van der Waals surface area contributed by atoms with Crippen LogP contribution < -0.4 is 16.2 Å². The Hall–Kier alpha value is -1.96. The van der Waals surface area contributed by atoms with E-state index in [0.717, 1.165) is 12.6 Å². The van der Waals surface area contributed by atoms with E-state index in [0.29, 0.717) is 12.5 Å². The fourth-order valence-corrected chi connectivity index (χ4v) is 1.53. The lowest BCUT2D eigenvalue weighted by molar-refractivity contribution is -0.384. The van der Waals surface area contributed by atoms with E-state index in [-0.39, 0.29) is 17.5 Å². The molecule has 1 aromatic heterocycles. The highest BCUT2D eigenvalue weighted by molar-refractivity contribution is 5.58. The smallest absolute Gasteiger partial charge is 0.329 e. The van der Waals surface area contributed by atoms with Gasteiger partial charge in [-0.1, -0.05) is 20.3 Å². The number of hydrogen-bond acceptors (Lipinski definition) is 7. The summed E-state index contributed by atoms with van der Waals surface area (Å²) >= 11 is 0. The molecule has 3 N–H and O–H groups in total. The summed E-state index contributed by atoms with van der Waals surface area (Å²) in [6.07, 6.45) is 2.15.